The summed E-state index contributed by atoms with van der Waals surface area (Å²) in [5.74, 6) is -0.566. The van der Waals surface area contributed by atoms with E-state index >= 15 is 0 Å². The average Bonchev–Trinajstić information content (AvgIpc) is 3.04. The molecule has 0 radical (unpaired) electrons. The highest BCUT2D eigenvalue weighted by molar-refractivity contribution is 7.17. The maximum absolute atomic E-state index is 13.0. The Morgan fingerprint density at radius 3 is 2.60 bits per heavy atom. The van der Waals surface area contributed by atoms with Crippen LogP contribution >= 0.6 is 11.3 Å². The van der Waals surface area contributed by atoms with Crippen molar-refractivity contribution in [2.45, 2.75) is 26.3 Å². The van der Waals surface area contributed by atoms with E-state index in [1.165, 1.54) is 16.2 Å². The summed E-state index contributed by atoms with van der Waals surface area (Å²) in [5, 5.41) is 6.16. The molecule has 9 heteroatoms. The first-order chi connectivity index (χ1) is 14.4. The van der Waals surface area contributed by atoms with Crippen LogP contribution in [-0.2, 0) is 22.6 Å². The van der Waals surface area contributed by atoms with Gasteiger partial charge in [0.1, 0.15) is 5.00 Å². The molecular formula is C21H22N4O4S. The number of hydrogen-bond donors (Lipinski definition) is 2. The standard InChI is InChI=1S/C21H22N4O4S/c1-3-16(26)22-13-6-4-12(5-7-13)20(28)25-9-8-14-15(10-25)30-19-18(14)21(29)24(2)11-17(27)23-19/h4-7H,3,8-11H2,1-2H3,(H,22,26)(H,23,27). The van der Waals surface area contributed by atoms with Gasteiger partial charge >= 0.3 is 0 Å². The number of likely N-dealkylation sites (N-methyl/N-ethyl adjacent to an activating group) is 1. The van der Waals surface area contributed by atoms with Crippen LogP contribution in [0.3, 0.4) is 0 Å². The Morgan fingerprint density at radius 1 is 1.17 bits per heavy atom. The lowest BCUT2D eigenvalue weighted by Gasteiger charge is -2.27. The molecule has 0 aliphatic carbocycles. The number of carbonyl (C=O) groups excluding carboxylic acids is 4. The molecule has 0 spiro atoms. The molecule has 4 rings (SSSR count). The van der Waals surface area contributed by atoms with Crippen molar-refractivity contribution >= 4 is 45.7 Å². The lowest BCUT2D eigenvalue weighted by molar-refractivity contribution is -0.117. The summed E-state index contributed by atoms with van der Waals surface area (Å²) in [6.45, 7) is 2.70. The molecule has 1 aromatic carbocycles. The average molecular weight is 426 g/mol. The van der Waals surface area contributed by atoms with Gasteiger partial charge in [-0.05, 0) is 36.2 Å². The molecule has 0 saturated carbocycles. The fourth-order valence-corrected chi connectivity index (χ4v) is 4.94. The van der Waals surface area contributed by atoms with Crippen molar-refractivity contribution in [3.8, 4) is 0 Å². The van der Waals surface area contributed by atoms with Crippen molar-refractivity contribution in [3.05, 3.63) is 45.8 Å². The van der Waals surface area contributed by atoms with Gasteiger partial charge in [0.2, 0.25) is 11.8 Å². The van der Waals surface area contributed by atoms with Crippen LogP contribution in [0.25, 0.3) is 0 Å². The van der Waals surface area contributed by atoms with Gasteiger partial charge in [0.15, 0.2) is 0 Å². The van der Waals surface area contributed by atoms with Gasteiger partial charge < -0.3 is 20.4 Å². The Kier molecular flexibility index (Phi) is 5.29. The normalized spacial score (nSPS) is 15.8. The lowest BCUT2D eigenvalue weighted by Crippen LogP contribution is -2.36. The molecule has 0 atom stereocenters. The molecule has 0 fully saturated rings. The minimum atomic E-state index is -0.216. The predicted molar refractivity (Wildman–Crippen MR) is 114 cm³/mol. The largest absolute Gasteiger partial charge is 0.333 e. The monoisotopic (exact) mass is 426 g/mol. The van der Waals surface area contributed by atoms with Gasteiger partial charge in [-0.1, -0.05) is 6.92 Å². The predicted octanol–water partition coefficient (Wildman–Crippen LogP) is 2.32. The number of nitrogens with zero attached hydrogens (tertiary/aromatic N) is 2. The second kappa shape index (κ2) is 7.91. The minimum Gasteiger partial charge on any atom is -0.333 e. The first kappa shape index (κ1) is 20.1. The number of fused-ring (bicyclic) bond motifs is 3. The van der Waals surface area contributed by atoms with Crippen LogP contribution in [0.2, 0.25) is 0 Å². The highest BCUT2D eigenvalue weighted by Gasteiger charge is 2.34. The first-order valence-corrected chi connectivity index (χ1v) is 10.6. The van der Waals surface area contributed by atoms with Crippen LogP contribution in [0.5, 0.6) is 0 Å². The number of nitrogens with one attached hydrogen (secondary N) is 2. The second-order valence-corrected chi connectivity index (χ2v) is 8.48. The molecule has 8 nitrogen and oxygen atoms in total. The number of hydrogen-bond acceptors (Lipinski definition) is 5. The highest BCUT2D eigenvalue weighted by Crippen LogP contribution is 2.39. The number of thiophene rings is 1. The highest BCUT2D eigenvalue weighted by atomic mass is 32.1. The van der Waals surface area contributed by atoms with E-state index in [0.29, 0.717) is 47.7 Å². The van der Waals surface area contributed by atoms with Crippen LogP contribution < -0.4 is 10.6 Å². The van der Waals surface area contributed by atoms with E-state index < -0.39 is 0 Å². The van der Waals surface area contributed by atoms with E-state index in [-0.39, 0.29) is 30.2 Å². The number of amides is 4. The first-order valence-electron chi connectivity index (χ1n) is 9.76. The summed E-state index contributed by atoms with van der Waals surface area (Å²) in [7, 11) is 1.62. The molecule has 156 valence electrons. The second-order valence-electron chi connectivity index (χ2n) is 7.37. The fourth-order valence-electron chi connectivity index (χ4n) is 3.66. The van der Waals surface area contributed by atoms with E-state index in [9.17, 15) is 19.2 Å². The van der Waals surface area contributed by atoms with E-state index in [1.54, 1.807) is 43.1 Å². The van der Waals surface area contributed by atoms with Crippen LogP contribution in [0.4, 0.5) is 10.7 Å². The topological polar surface area (TPSA) is 98.8 Å². The molecule has 2 N–H and O–H groups in total. The van der Waals surface area contributed by atoms with Crippen molar-refractivity contribution in [2.75, 3.05) is 30.8 Å². The van der Waals surface area contributed by atoms with Gasteiger partial charge in [-0.25, -0.2) is 0 Å². The van der Waals surface area contributed by atoms with Gasteiger partial charge in [0, 0.05) is 36.1 Å². The van der Waals surface area contributed by atoms with Crippen LogP contribution in [-0.4, -0.2) is 53.6 Å². The van der Waals surface area contributed by atoms with Gasteiger partial charge in [0.05, 0.1) is 18.7 Å². The Morgan fingerprint density at radius 2 is 1.90 bits per heavy atom. The lowest BCUT2D eigenvalue weighted by atomic mass is 10.0. The molecule has 30 heavy (non-hydrogen) atoms. The number of rotatable bonds is 3. The molecule has 0 unspecified atom stereocenters. The molecular weight excluding hydrogens is 404 g/mol. The zero-order valence-electron chi connectivity index (χ0n) is 16.8. The van der Waals surface area contributed by atoms with E-state index in [4.69, 9.17) is 0 Å². The summed E-state index contributed by atoms with van der Waals surface area (Å²) in [5.41, 5.74) is 2.68. The van der Waals surface area contributed by atoms with E-state index in [2.05, 4.69) is 10.6 Å². The zero-order chi connectivity index (χ0) is 21.4. The molecule has 3 heterocycles. The smallest absolute Gasteiger partial charge is 0.257 e. The van der Waals surface area contributed by atoms with Gasteiger partial charge in [-0.2, -0.15) is 0 Å². The molecule has 0 bridgehead atoms. The van der Waals surface area contributed by atoms with E-state index in [1.807, 2.05) is 0 Å². The third kappa shape index (κ3) is 3.68. The van der Waals surface area contributed by atoms with Gasteiger partial charge in [0.25, 0.3) is 11.8 Å². The molecule has 2 aliphatic heterocycles. The Labute approximate surface area is 177 Å². The van der Waals surface area contributed by atoms with Crippen LogP contribution in [0.1, 0.15) is 44.5 Å². The molecule has 0 saturated heterocycles. The van der Waals surface area contributed by atoms with Crippen LogP contribution in [0, 0.1) is 0 Å². The Bertz CT molecular complexity index is 1040. The molecule has 2 aromatic rings. The van der Waals surface area contributed by atoms with Crippen molar-refractivity contribution in [3.63, 3.8) is 0 Å². The summed E-state index contributed by atoms with van der Waals surface area (Å²) in [6.07, 6.45) is 0.952. The number of anilines is 2. The summed E-state index contributed by atoms with van der Waals surface area (Å²) < 4.78 is 0. The van der Waals surface area contributed by atoms with Crippen molar-refractivity contribution in [1.29, 1.82) is 0 Å². The Hall–Kier alpha value is -3.20. The molecule has 4 amide bonds. The molecule has 1 aromatic heterocycles. The zero-order valence-corrected chi connectivity index (χ0v) is 17.6. The number of carbonyl (C=O) groups is 4. The van der Waals surface area contributed by atoms with Crippen molar-refractivity contribution in [2.24, 2.45) is 0 Å². The SMILES string of the molecule is CCC(=O)Nc1ccc(C(=O)N2CCc3c(sc4c3C(=O)N(C)CC(=O)N4)C2)cc1. The van der Waals surface area contributed by atoms with Gasteiger partial charge in [-0.3, -0.25) is 19.2 Å². The Balaban J connectivity index is 1.53. The maximum atomic E-state index is 13.0. The van der Waals surface area contributed by atoms with Crippen molar-refractivity contribution in [1.82, 2.24) is 9.80 Å². The van der Waals surface area contributed by atoms with E-state index in [0.717, 1.165) is 10.4 Å². The summed E-state index contributed by atoms with van der Waals surface area (Å²) in [6, 6.07) is 6.83. The third-order valence-corrected chi connectivity index (χ3v) is 6.41. The third-order valence-electron chi connectivity index (χ3n) is 5.28. The van der Waals surface area contributed by atoms with Crippen LogP contribution in [0.15, 0.2) is 24.3 Å². The van der Waals surface area contributed by atoms with Gasteiger partial charge in [-0.15, -0.1) is 11.3 Å². The maximum Gasteiger partial charge on any atom is 0.257 e. The minimum absolute atomic E-state index is 0.0360. The fraction of sp³-hybridized carbons (Fsp3) is 0.333. The number of benzene rings is 1. The summed E-state index contributed by atoms with van der Waals surface area (Å²) in [4.78, 5) is 53.3. The van der Waals surface area contributed by atoms with Crippen molar-refractivity contribution < 1.29 is 19.2 Å². The summed E-state index contributed by atoms with van der Waals surface area (Å²) >= 11 is 1.37. The quantitative estimate of drug-likeness (QED) is 0.787. The molecule has 2 aliphatic rings.